The molecule has 0 radical (unpaired) electrons. The highest BCUT2D eigenvalue weighted by atomic mass is 16.4. The minimum Gasteiger partial charge on any atom is -0.479 e. The van der Waals surface area contributed by atoms with Crippen LogP contribution in [-0.2, 0) is 4.79 Å². The number of rotatable bonds is 4. The van der Waals surface area contributed by atoms with Crippen molar-refractivity contribution in [2.45, 2.75) is 19.4 Å². The summed E-state index contributed by atoms with van der Waals surface area (Å²) >= 11 is 0. The van der Waals surface area contributed by atoms with Crippen molar-refractivity contribution in [2.24, 2.45) is 0 Å². The van der Waals surface area contributed by atoms with Gasteiger partial charge in [-0.15, -0.1) is 0 Å². The van der Waals surface area contributed by atoms with Crippen LogP contribution in [0.4, 0.5) is 5.69 Å². The number of hydrogen-bond acceptors (Lipinski definition) is 4. The Balaban J connectivity index is 2.78. The average Bonchev–Trinajstić information content (AvgIpc) is 2.29. The SMILES string of the molecule is Cc1ccc(N)c(C(=O)NCC(C)(O)C(=O)O)c1. The minimum atomic E-state index is -2.01. The Morgan fingerprint density at radius 2 is 2.06 bits per heavy atom. The molecule has 0 aliphatic rings. The first-order valence-electron chi connectivity index (χ1n) is 5.34. The molecular weight excluding hydrogens is 236 g/mol. The molecule has 1 amide bonds. The molecule has 0 aromatic heterocycles. The maximum Gasteiger partial charge on any atom is 0.337 e. The lowest BCUT2D eigenvalue weighted by atomic mass is 10.1. The summed E-state index contributed by atoms with van der Waals surface area (Å²) in [4.78, 5) is 22.5. The molecule has 0 fully saturated rings. The summed E-state index contributed by atoms with van der Waals surface area (Å²) in [7, 11) is 0. The number of nitrogens with one attached hydrogen (secondary N) is 1. The van der Waals surface area contributed by atoms with Gasteiger partial charge >= 0.3 is 5.97 Å². The van der Waals surface area contributed by atoms with Gasteiger partial charge in [0.25, 0.3) is 5.91 Å². The number of carbonyl (C=O) groups excluding carboxylic acids is 1. The maximum absolute atomic E-state index is 11.8. The standard InChI is InChI=1S/C12H16N2O4/c1-7-3-4-9(13)8(5-7)10(15)14-6-12(2,18)11(16)17/h3-5,18H,6,13H2,1-2H3,(H,14,15)(H,16,17). The van der Waals surface area contributed by atoms with Gasteiger partial charge < -0.3 is 21.3 Å². The third-order valence-electron chi connectivity index (χ3n) is 2.51. The largest absolute Gasteiger partial charge is 0.479 e. The Morgan fingerprint density at radius 1 is 1.44 bits per heavy atom. The quantitative estimate of drug-likeness (QED) is 0.569. The summed E-state index contributed by atoms with van der Waals surface area (Å²) in [5.41, 5.74) is 5.06. The summed E-state index contributed by atoms with van der Waals surface area (Å²) in [5.74, 6) is -1.92. The van der Waals surface area contributed by atoms with Crippen LogP contribution >= 0.6 is 0 Å². The van der Waals surface area contributed by atoms with Gasteiger partial charge in [0.2, 0.25) is 0 Å². The van der Waals surface area contributed by atoms with Gasteiger partial charge in [-0.3, -0.25) is 4.79 Å². The predicted molar refractivity (Wildman–Crippen MR) is 66.2 cm³/mol. The molecule has 1 rings (SSSR count). The number of carboxylic acids is 1. The summed E-state index contributed by atoms with van der Waals surface area (Å²) in [5, 5.41) is 20.5. The average molecular weight is 252 g/mol. The number of hydrogen-bond donors (Lipinski definition) is 4. The lowest BCUT2D eigenvalue weighted by Crippen LogP contribution is -2.46. The van der Waals surface area contributed by atoms with E-state index < -0.39 is 24.0 Å². The maximum atomic E-state index is 11.8. The fourth-order valence-corrected chi connectivity index (χ4v) is 1.29. The second-order valence-electron chi connectivity index (χ2n) is 4.35. The fourth-order valence-electron chi connectivity index (χ4n) is 1.29. The van der Waals surface area contributed by atoms with Crippen molar-refractivity contribution in [2.75, 3.05) is 12.3 Å². The second-order valence-corrected chi connectivity index (χ2v) is 4.35. The smallest absolute Gasteiger partial charge is 0.337 e. The van der Waals surface area contributed by atoms with Gasteiger partial charge in [-0.2, -0.15) is 0 Å². The molecular formula is C12H16N2O4. The van der Waals surface area contributed by atoms with Gasteiger partial charge in [0.1, 0.15) is 0 Å². The van der Waals surface area contributed by atoms with Crippen LogP contribution in [0.1, 0.15) is 22.8 Å². The first-order chi connectivity index (χ1) is 8.24. The highest BCUT2D eigenvalue weighted by molar-refractivity contribution is 5.99. The van der Waals surface area contributed by atoms with Crippen LogP contribution in [0.2, 0.25) is 0 Å². The zero-order valence-corrected chi connectivity index (χ0v) is 10.2. The van der Waals surface area contributed by atoms with E-state index in [9.17, 15) is 14.7 Å². The number of aliphatic hydroxyl groups is 1. The molecule has 0 saturated carbocycles. The molecule has 18 heavy (non-hydrogen) atoms. The first kappa shape index (κ1) is 14.0. The zero-order valence-electron chi connectivity index (χ0n) is 10.2. The summed E-state index contributed by atoms with van der Waals surface area (Å²) in [6.07, 6.45) is 0. The van der Waals surface area contributed by atoms with E-state index in [1.807, 2.05) is 6.92 Å². The number of nitrogen functional groups attached to an aromatic ring is 1. The molecule has 6 heteroatoms. The van der Waals surface area contributed by atoms with Crippen molar-refractivity contribution < 1.29 is 19.8 Å². The van der Waals surface area contributed by atoms with E-state index in [1.54, 1.807) is 18.2 Å². The molecule has 1 aromatic carbocycles. The van der Waals surface area contributed by atoms with Gasteiger partial charge in [0, 0.05) is 5.69 Å². The van der Waals surface area contributed by atoms with E-state index in [0.29, 0.717) is 5.69 Å². The van der Waals surface area contributed by atoms with Crippen LogP contribution in [0.25, 0.3) is 0 Å². The van der Waals surface area contributed by atoms with E-state index in [4.69, 9.17) is 10.8 Å². The summed E-state index contributed by atoms with van der Waals surface area (Å²) < 4.78 is 0. The van der Waals surface area contributed by atoms with E-state index in [0.717, 1.165) is 12.5 Å². The number of benzene rings is 1. The zero-order chi connectivity index (χ0) is 13.9. The Kier molecular flexibility index (Phi) is 3.93. The second kappa shape index (κ2) is 5.05. The van der Waals surface area contributed by atoms with Crippen molar-refractivity contribution in [3.63, 3.8) is 0 Å². The lowest BCUT2D eigenvalue weighted by Gasteiger charge is -2.18. The molecule has 0 aliphatic carbocycles. The Bertz CT molecular complexity index is 483. The molecule has 98 valence electrons. The summed E-state index contributed by atoms with van der Waals surface area (Å²) in [6, 6.07) is 4.96. The van der Waals surface area contributed by atoms with Crippen molar-refractivity contribution in [1.29, 1.82) is 0 Å². The highest BCUT2D eigenvalue weighted by Crippen LogP contribution is 2.13. The highest BCUT2D eigenvalue weighted by Gasteiger charge is 2.30. The molecule has 1 atom stereocenters. The molecule has 0 aliphatic heterocycles. The van der Waals surface area contributed by atoms with Crippen LogP contribution in [0.5, 0.6) is 0 Å². The Labute approximate surface area is 104 Å². The van der Waals surface area contributed by atoms with E-state index in [2.05, 4.69) is 5.32 Å². The van der Waals surface area contributed by atoms with Gasteiger partial charge in [-0.25, -0.2) is 4.79 Å². The van der Waals surface area contributed by atoms with Gasteiger partial charge in [-0.1, -0.05) is 11.6 Å². The van der Waals surface area contributed by atoms with Crippen LogP contribution in [0.3, 0.4) is 0 Å². The minimum absolute atomic E-state index is 0.260. The molecule has 1 unspecified atom stereocenters. The number of aliphatic carboxylic acids is 1. The number of carboxylic acid groups (broad SMARTS) is 1. The van der Waals surface area contributed by atoms with Crippen LogP contribution in [0, 0.1) is 6.92 Å². The van der Waals surface area contributed by atoms with Gasteiger partial charge in [0.05, 0.1) is 12.1 Å². The molecule has 0 heterocycles. The first-order valence-corrected chi connectivity index (χ1v) is 5.34. The lowest BCUT2D eigenvalue weighted by molar-refractivity contribution is -0.155. The van der Waals surface area contributed by atoms with Crippen molar-refractivity contribution in [3.05, 3.63) is 29.3 Å². The number of aryl methyl sites for hydroxylation is 1. The number of amides is 1. The van der Waals surface area contributed by atoms with Crippen molar-refractivity contribution in [3.8, 4) is 0 Å². The predicted octanol–water partition coefficient (Wildman–Crippen LogP) is 0.143. The number of nitrogens with two attached hydrogens (primary N) is 1. The molecule has 5 N–H and O–H groups in total. The summed E-state index contributed by atoms with van der Waals surface area (Å²) in [6.45, 7) is 2.52. The molecule has 0 spiro atoms. The normalized spacial score (nSPS) is 13.7. The Hall–Kier alpha value is -2.08. The molecule has 1 aromatic rings. The third kappa shape index (κ3) is 3.21. The van der Waals surface area contributed by atoms with Crippen molar-refractivity contribution in [1.82, 2.24) is 5.32 Å². The van der Waals surface area contributed by atoms with E-state index in [-0.39, 0.29) is 5.56 Å². The van der Waals surface area contributed by atoms with Crippen LogP contribution in [-0.4, -0.2) is 34.2 Å². The van der Waals surface area contributed by atoms with Crippen molar-refractivity contribution >= 4 is 17.6 Å². The van der Waals surface area contributed by atoms with Gasteiger partial charge in [-0.05, 0) is 26.0 Å². The van der Waals surface area contributed by atoms with E-state index in [1.165, 1.54) is 0 Å². The molecule has 0 bridgehead atoms. The molecule has 6 nitrogen and oxygen atoms in total. The third-order valence-corrected chi connectivity index (χ3v) is 2.51. The van der Waals surface area contributed by atoms with Crippen LogP contribution < -0.4 is 11.1 Å². The molecule has 0 saturated heterocycles. The number of anilines is 1. The Morgan fingerprint density at radius 3 is 2.61 bits per heavy atom. The van der Waals surface area contributed by atoms with Crippen LogP contribution in [0.15, 0.2) is 18.2 Å². The van der Waals surface area contributed by atoms with Gasteiger partial charge in [0.15, 0.2) is 5.60 Å². The number of carbonyl (C=O) groups is 2. The van der Waals surface area contributed by atoms with E-state index >= 15 is 0 Å². The monoisotopic (exact) mass is 252 g/mol. The topological polar surface area (TPSA) is 113 Å². The fraction of sp³-hybridized carbons (Fsp3) is 0.333.